The zero-order chi connectivity index (χ0) is 13.4. The van der Waals surface area contributed by atoms with Crippen LogP contribution in [0.3, 0.4) is 0 Å². The van der Waals surface area contributed by atoms with Crippen LogP contribution in [-0.4, -0.2) is 11.5 Å². The summed E-state index contributed by atoms with van der Waals surface area (Å²) < 4.78 is 8.91. The molecule has 0 aliphatic carbocycles. The first-order chi connectivity index (χ1) is 9.90. The molecule has 4 rings (SSSR count). The van der Waals surface area contributed by atoms with Gasteiger partial charge in [-0.1, -0.05) is 82.7 Å². The van der Waals surface area contributed by atoms with Crippen molar-refractivity contribution in [3.05, 3.63) is 48.4 Å². The van der Waals surface area contributed by atoms with Crippen LogP contribution in [0.15, 0.2) is 48.4 Å². The normalized spacial score (nSPS) is 29.6. The molecule has 0 amide bonds. The van der Waals surface area contributed by atoms with Crippen LogP contribution in [-0.2, 0) is 0 Å². The van der Waals surface area contributed by atoms with Gasteiger partial charge in [-0.25, -0.2) is 0 Å². The first-order valence-electron chi connectivity index (χ1n) is 5.73. The lowest BCUT2D eigenvalue weighted by Crippen LogP contribution is -1.71. The monoisotopic (exact) mass is 408 g/mol. The van der Waals surface area contributed by atoms with E-state index in [1.807, 2.05) is 94.1 Å². The van der Waals surface area contributed by atoms with Crippen molar-refractivity contribution in [3.8, 4) is 0 Å². The van der Waals surface area contributed by atoms with Crippen molar-refractivity contribution in [1.82, 2.24) is 0 Å². The van der Waals surface area contributed by atoms with Gasteiger partial charge in [-0.3, -0.25) is 0 Å². The van der Waals surface area contributed by atoms with Crippen LogP contribution in [0.4, 0.5) is 0 Å². The Bertz CT molecular complexity index is 543. The van der Waals surface area contributed by atoms with Gasteiger partial charge in [0, 0.05) is 11.5 Å². The van der Waals surface area contributed by atoms with E-state index in [4.69, 9.17) is 0 Å². The molecule has 0 saturated carbocycles. The highest BCUT2D eigenvalue weighted by Gasteiger charge is 2.31. The summed E-state index contributed by atoms with van der Waals surface area (Å²) in [5.41, 5.74) is 0. The van der Waals surface area contributed by atoms with E-state index >= 15 is 0 Å². The summed E-state index contributed by atoms with van der Waals surface area (Å²) >= 11 is 15.6. The largest absolute Gasteiger partial charge is 0.113 e. The Hall–Kier alpha value is 1.50. The molecule has 0 fully saturated rings. The molecule has 4 heterocycles. The van der Waals surface area contributed by atoms with Crippen LogP contribution in [0.2, 0.25) is 0 Å². The fourth-order valence-electron chi connectivity index (χ4n) is 1.58. The van der Waals surface area contributed by atoms with Crippen molar-refractivity contribution in [2.75, 3.05) is 11.5 Å². The van der Waals surface area contributed by atoms with Crippen LogP contribution >= 0.6 is 94.1 Å². The van der Waals surface area contributed by atoms with Gasteiger partial charge >= 0.3 is 0 Å². The van der Waals surface area contributed by atoms with Crippen molar-refractivity contribution >= 4 is 94.1 Å². The number of thioether (sulfide) groups is 8. The molecule has 104 valence electrons. The average Bonchev–Trinajstić information content (AvgIpc) is 2.89. The lowest BCUT2D eigenvalue weighted by molar-refractivity contribution is 1.82. The minimum atomic E-state index is 1.10. The van der Waals surface area contributed by atoms with Gasteiger partial charge in [0.25, 0.3) is 0 Å². The highest BCUT2D eigenvalue weighted by Crippen LogP contribution is 2.66. The Morgan fingerprint density at radius 3 is 1.50 bits per heavy atom. The Balaban J connectivity index is 1.53. The predicted octanol–water partition coefficient (Wildman–Crippen LogP) is 7.31. The van der Waals surface area contributed by atoms with Gasteiger partial charge in [0.1, 0.15) is 0 Å². The second-order valence-corrected chi connectivity index (χ2v) is 13.3. The zero-order valence-corrected chi connectivity index (χ0v) is 16.5. The third-order valence-electron chi connectivity index (χ3n) is 2.41. The van der Waals surface area contributed by atoms with Gasteiger partial charge in [0.15, 0.2) is 0 Å². The maximum Gasteiger partial charge on any atom is 0.0717 e. The van der Waals surface area contributed by atoms with E-state index in [9.17, 15) is 0 Å². The maximum absolute atomic E-state index is 2.25. The molecule has 0 aromatic carbocycles. The summed E-state index contributed by atoms with van der Waals surface area (Å²) in [6, 6.07) is 0. The smallest absolute Gasteiger partial charge is 0.0717 e. The molecule has 0 unspecified atom stereocenters. The molecule has 0 spiro atoms. The molecule has 0 atom stereocenters. The number of rotatable bonds is 0. The number of hydrogen-bond acceptors (Lipinski definition) is 8. The van der Waals surface area contributed by atoms with Gasteiger partial charge in [-0.2, -0.15) is 0 Å². The van der Waals surface area contributed by atoms with E-state index in [-0.39, 0.29) is 0 Å². The fraction of sp³-hybridized carbons (Fsp3) is 0.167. The minimum absolute atomic E-state index is 1.10. The molecular weight excluding hydrogens is 401 g/mol. The molecule has 8 heteroatoms. The fourth-order valence-corrected chi connectivity index (χ4v) is 12.8. The van der Waals surface area contributed by atoms with E-state index in [0.29, 0.717) is 0 Å². The van der Waals surface area contributed by atoms with Crippen molar-refractivity contribution in [3.63, 3.8) is 0 Å². The second kappa shape index (κ2) is 6.95. The van der Waals surface area contributed by atoms with Gasteiger partial charge in [0.05, 0.1) is 25.4 Å². The highest BCUT2D eigenvalue weighted by molar-refractivity contribution is 8.45. The standard InChI is InChI=1S/C12H8S8/c1-3-13-7-8(14-4-1)18-11(17-7)12-19-9-10(20-12)16-6-2-5-15-9/h1-3,5H,4,6H2/b12-11+. The number of hydrogen-bond donors (Lipinski definition) is 0. The summed E-state index contributed by atoms with van der Waals surface area (Å²) in [7, 11) is 0. The van der Waals surface area contributed by atoms with E-state index in [1.54, 1.807) is 0 Å². The first kappa shape index (κ1) is 15.1. The summed E-state index contributed by atoms with van der Waals surface area (Å²) in [6.07, 6.45) is 4.51. The third-order valence-corrected chi connectivity index (χ3v) is 13.5. The maximum atomic E-state index is 2.25. The lowest BCUT2D eigenvalue weighted by atomic mass is 10.8. The van der Waals surface area contributed by atoms with Crippen LogP contribution in [0.1, 0.15) is 0 Å². The molecule has 4 aliphatic rings. The zero-order valence-electron chi connectivity index (χ0n) is 9.99. The second-order valence-electron chi connectivity index (χ2n) is 3.73. The highest BCUT2D eigenvalue weighted by atomic mass is 32.3. The molecule has 0 nitrogen and oxygen atoms in total. The molecule has 0 aromatic heterocycles. The summed E-state index contributed by atoms with van der Waals surface area (Å²) in [6.45, 7) is 0. The summed E-state index contributed by atoms with van der Waals surface area (Å²) in [5.74, 6) is 2.21. The Labute approximate surface area is 152 Å². The van der Waals surface area contributed by atoms with Gasteiger partial charge in [-0.15, -0.1) is 23.5 Å². The predicted molar refractivity (Wildman–Crippen MR) is 110 cm³/mol. The van der Waals surface area contributed by atoms with Gasteiger partial charge in [0.2, 0.25) is 0 Å². The quantitative estimate of drug-likeness (QED) is 0.404. The van der Waals surface area contributed by atoms with Gasteiger partial charge < -0.3 is 0 Å². The van der Waals surface area contributed by atoms with Crippen LogP contribution in [0, 0.1) is 0 Å². The molecule has 0 radical (unpaired) electrons. The SMILES string of the molecule is C1=CSC2=C(SC1)S/C(=C1\SC3=C(SCC=CS3)S1)S2. The van der Waals surface area contributed by atoms with E-state index in [0.717, 1.165) is 11.5 Å². The topological polar surface area (TPSA) is 0 Å². The summed E-state index contributed by atoms with van der Waals surface area (Å²) in [4.78, 5) is 0. The molecule has 0 bridgehead atoms. The minimum Gasteiger partial charge on any atom is -0.113 e. The van der Waals surface area contributed by atoms with Crippen molar-refractivity contribution in [2.24, 2.45) is 0 Å². The average molecular weight is 409 g/mol. The Kier molecular flexibility index (Phi) is 5.23. The van der Waals surface area contributed by atoms with Crippen molar-refractivity contribution in [1.29, 1.82) is 0 Å². The Morgan fingerprint density at radius 1 is 0.550 bits per heavy atom. The molecule has 0 N–H and O–H groups in total. The van der Waals surface area contributed by atoms with Crippen molar-refractivity contribution < 1.29 is 0 Å². The molecule has 20 heavy (non-hydrogen) atoms. The third kappa shape index (κ3) is 3.22. The van der Waals surface area contributed by atoms with E-state index < -0.39 is 0 Å². The molecule has 4 aliphatic heterocycles. The molecular formula is C12H8S8. The lowest BCUT2D eigenvalue weighted by Gasteiger charge is -2.03. The first-order valence-corrected chi connectivity index (χ1v) is 12.7. The van der Waals surface area contributed by atoms with Gasteiger partial charge in [-0.05, 0) is 10.8 Å². The van der Waals surface area contributed by atoms with Crippen LogP contribution in [0.25, 0.3) is 0 Å². The van der Waals surface area contributed by atoms with E-state index in [1.165, 1.54) is 25.4 Å². The van der Waals surface area contributed by atoms with E-state index in [2.05, 4.69) is 23.0 Å². The molecule has 0 saturated heterocycles. The Morgan fingerprint density at radius 2 is 1.00 bits per heavy atom. The van der Waals surface area contributed by atoms with Crippen LogP contribution in [0.5, 0.6) is 0 Å². The summed E-state index contributed by atoms with van der Waals surface area (Å²) in [5, 5.41) is 4.46. The molecule has 0 aromatic rings. The van der Waals surface area contributed by atoms with Crippen molar-refractivity contribution in [2.45, 2.75) is 0 Å². The van der Waals surface area contributed by atoms with Crippen LogP contribution < -0.4 is 0 Å².